The molecule has 0 unspecified atom stereocenters. The number of nitrogens with one attached hydrogen (secondary N) is 2. The van der Waals surface area contributed by atoms with E-state index in [4.69, 9.17) is 9.47 Å². The third-order valence-corrected chi connectivity index (χ3v) is 3.40. The molecule has 0 bridgehead atoms. The summed E-state index contributed by atoms with van der Waals surface area (Å²) < 4.78 is 11.2. The molecule has 6 nitrogen and oxygen atoms in total. The SMILES string of the molecule is CCOCCCNC(=NC)NCc1ccccc1OCCN(C)C. The average Bonchev–Trinajstić information content (AvgIpc) is 2.58. The predicted octanol–water partition coefficient (Wildman–Crippen LogP) is 1.72. The van der Waals surface area contributed by atoms with E-state index in [0.717, 1.165) is 50.0 Å². The normalized spacial score (nSPS) is 11.6. The molecule has 1 rings (SSSR count). The summed E-state index contributed by atoms with van der Waals surface area (Å²) in [4.78, 5) is 6.35. The first-order chi connectivity index (χ1) is 11.7. The van der Waals surface area contributed by atoms with Crippen molar-refractivity contribution in [2.24, 2.45) is 4.99 Å². The number of likely N-dealkylation sites (N-methyl/N-ethyl adjacent to an activating group) is 1. The maximum Gasteiger partial charge on any atom is 0.191 e. The van der Waals surface area contributed by atoms with E-state index in [-0.39, 0.29) is 0 Å². The molecule has 0 heterocycles. The second-order valence-corrected chi connectivity index (χ2v) is 5.66. The summed E-state index contributed by atoms with van der Waals surface area (Å²) in [7, 11) is 5.85. The molecule has 0 spiro atoms. The van der Waals surface area contributed by atoms with E-state index in [1.807, 2.05) is 39.2 Å². The molecule has 1 aromatic rings. The van der Waals surface area contributed by atoms with E-state index in [2.05, 4.69) is 26.6 Å². The van der Waals surface area contributed by atoms with E-state index in [1.165, 1.54) is 0 Å². The number of para-hydroxylation sites is 1. The van der Waals surface area contributed by atoms with Gasteiger partial charge in [-0.05, 0) is 33.5 Å². The number of rotatable bonds is 11. The molecular formula is C18H32N4O2. The van der Waals surface area contributed by atoms with Crippen LogP contribution < -0.4 is 15.4 Å². The topological polar surface area (TPSA) is 58.1 Å². The van der Waals surface area contributed by atoms with Crippen LogP contribution in [0.25, 0.3) is 0 Å². The highest BCUT2D eigenvalue weighted by Crippen LogP contribution is 2.17. The number of nitrogens with zero attached hydrogens (tertiary/aromatic N) is 2. The van der Waals surface area contributed by atoms with Gasteiger partial charge in [0.15, 0.2) is 5.96 Å². The highest BCUT2D eigenvalue weighted by Gasteiger charge is 2.04. The van der Waals surface area contributed by atoms with Crippen LogP contribution in [0.5, 0.6) is 5.75 Å². The molecule has 0 aliphatic rings. The summed E-state index contributed by atoms with van der Waals surface area (Å²) in [6.45, 7) is 6.61. The van der Waals surface area contributed by atoms with Gasteiger partial charge in [0.1, 0.15) is 12.4 Å². The van der Waals surface area contributed by atoms with Crippen LogP contribution in [-0.4, -0.2) is 64.9 Å². The van der Waals surface area contributed by atoms with Crippen molar-refractivity contribution < 1.29 is 9.47 Å². The van der Waals surface area contributed by atoms with Crippen LogP contribution in [0.1, 0.15) is 18.9 Å². The van der Waals surface area contributed by atoms with Crippen LogP contribution in [0.3, 0.4) is 0 Å². The molecule has 0 atom stereocenters. The Balaban J connectivity index is 2.41. The summed E-state index contributed by atoms with van der Waals surface area (Å²) >= 11 is 0. The van der Waals surface area contributed by atoms with E-state index < -0.39 is 0 Å². The standard InChI is InChI=1S/C18H32N4O2/c1-5-23-13-8-11-20-18(19-2)21-15-16-9-6-7-10-17(16)24-14-12-22(3)4/h6-7,9-10H,5,8,11-15H2,1-4H3,(H2,19,20,21). The Kier molecular flexibility index (Phi) is 10.6. The zero-order valence-corrected chi connectivity index (χ0v) is 15.5. The Bertz CT molecular complexity index is 478. The number of benzene rings is 1. The minimum atomic E-state index is 0.670. The number of guanidine groups is 1. The zero-order valence-electron chi connectivity index (χ0n) is 15.5. The van der Waals surface area contributed by atoms with Crippen LogP contribution in [0.15, 0.2) is 29.3 Å². The minimum absolute atomic E-state index is 0.670. The van der Waals surface area contributed by atoms with Crippen molar-refractivity contribution in [3.05, 3.63) is 29.8 Å². The van der Waals surface area contributed by atoms with Gasteiger partial charge in [-0.25, -0.2) is 0 Å². The van der Waals surface area contributed by atoms with Gasteiger partial charge in [0.2, 0.25) is 0 Å². The molecule has 0 saturated carbocycles. The maximum absolute atomic E-state index is 5.88. The number of ether oxygens (including phenoxy) is 2. The lowest BCUT2D eigenvalue weighted by atomic mass is 10.2. The van der Waals surface area contributed by atoms with Crippen molar-refractivity contribution in [3.8, 4) is 5.75 Å². The van der Waals surface area contributed by atoms with Crippen molar-refractivity contribution in [3.63, 3.8) is 0 Å². The Labute approximate surface area is 146 Å². The van der Waals surface area contributed by atoms with Gasteiger partial charge in [0.05, 0.1) is 0 Å². The van der Waals surface area contributed by atoms with Gasteiger partial charge in [0.25, 0.3) is 0 Å². The van der Waals surface area contributed by atoms with Crippen molar-refractivity contribution >= 4 is 5.96 Å². The molecule has 0 aromatic heterocycles. The molecule has 0 aliphatic heterocycles. The highest BCUT2D eigenvalue weighted by molar-refractivity contribution is 5.79. The minimum Gasteiger partial charge on any atom is -0.492 e. The molecule has 0 radical (unpaired) electrons. The molecule has 0 aliphatic carbocycles. The summed E-state index contributed by atoms with van der Waals surface area (Å²) in [5.74, 6) is 1.70. The lowest BCUT2D eigenvalue weighted by Crippen LogP contribution is -2.37. The van der Waals surface area contributed by atoms with Gasteiger partial charge in [-0.2, -0.15) is 0 Å². The van der Waals surface area contributed by atoms with E-state index in [9.17, 15) is 0 Å². The molecule has 24 heavy (non-hydrogen) atoms. The second-order valence-electron chi connectivity index (χ2n) is 5.66. The van der Waals surface area contributed by atoms with Gasteiger partial charge in [-0.1, -0.05) is 18.2 Å². The first-order valence-corrected chi connectivity index (χ1v) is 8.55. The Morgan fingerprint density at radius 1 is 1.17 bits per heavy atom. The Morgan fingerprint density at radius 2 is 1.96 bits per heavy atom. The van der Waals surface area contributed by atoms with Crippen molar-refractivity contribution in [1.29, 1.82) is 0 Å². The summed E-state index contributed by atoms with van der Waals surface area (Å²) in [6, 6.07) is 8.09. The fraction of sp³-hybridized carbons (Fsp3) is 0.611. The molecular weight excluding hydrogens is 304 g/mol. The lowest BCUT2D eigenvalue weighted by Gasteiger charge is -2.16. The Hall–Kier alpha value is -1.79. The van der Waals surface area contributed by atoms with Crippen molar-refractivity contribution in [2.45, 2.75) is 19.9 Å². The maximum atomic E-state index is 5.88. The van der Waals surface area contributed by atoms with E-state index in [1.54, 1.807) is 7.05 Å². The fourth-order valence-corrected chi connectivity index (χ4v) is 2.05. The molecule has 0 amide bonds. The Morgan fingerprint density at radius 3 is 2.67 bits per heavy atom. The van der Waals surface area contributed by atoms with Crippen LogP contribution in [0.4, 0.5) is 0 Å². The van der Waals surface area contributed by atoms with Crippen molar-refractivity contribution in [2.75, 3.05) is 54.1 Å². The molecule has 0 saturated heterocycles. The molecule has 0 fully saturated rings. The third-order valence-electron chi connectivity index (χ3n) is 3.40. The van der Waals surface area contributed by atoms with Crippen LogP contribution >= 0.6 is 0 Å². The smallest absolute Gasteiger partial charge is 0.191 e. The van der Waals surface area contributed by atoms with Crippen LogP contribution in [0, 0.1) is 0 Å². The number of aliphatic imine (C=N–C) groups is 1. The number of hydrogen-bond acceptors (Lipinski definition) is 4. The average molecular weight is 336 g/mol. The van der Waals surface area contributed by atoms with Gasteiger partial charge in [0, 0.05) is 45.5 Å². The summed E-state index contributed by atoms with van der Waals surface area (Å²) in [5.41, 5.74) is 1.12. The van der Waals surface area contributed by atoms with Gasteiger partial charge in [-0.3, -0.25) is 4.99 Å². The predicted molar refractivity (Wildman–Crippen MR) is 99.8 cm³/mol. The number of hydrogen-bond donors (Lipinski definition) is 2. The van der Waals surface area contributed by atoms with Gasteiger partial charge >= 0.3 is 0 Å². The lowest BCUT2D eigenvalue weighted by molar-refractivity contribution is 0.145. The molecule has 6 heteroatoms. The largest absolute Gasteiger partial charge is 0.492 e. The van der Waals surface area contributed by atoms with Crippen LogP contribution in [-0.2, 0) is 11.3 Å². The fourth-order valence-electron chi connectivity index (χ4n) is 2.05. The first kappa shape index (κ1) is 20.3. The molecule has 2 N–H and O–H groups in total. The highest BCUT2D eigenvalue weighted by atomic mass is 16.5. The van der Waals surface area contributed by atoms with E-state index >= 15 is 0 Å². The molecule has 136 valence electrons. The second kappa shape index (κ2) is 12.6. The van der Waals surface area contributed by atoms with Crippen molar-refractivity contribution in [1.82, 2.24) is 15.5 Å². The monoisotopic (exact) mass is 336 g/mol. The van der Waals surface area contributed by atoms with Crippen LogP contribution in [0.2, 0.25) is 0 Å². The first-order valence-electron chi connectivity index (χ1n) is 8.55. The molecule has 1 aromatic carbocycles. The van der Waals surface area contributed by atoms with E-state index in [0.29, 0.717) is 13.2 Å². The third kappa shape index (κ3) is 8.74. The quantitative estimate of drug-likeness (QED) is 0.366. The summed E-state index contributed by atoms with van der Waals surface area (Å²) in [5, 5.41) is 6.61. The summed E-state index contributed by atoms with van der Waals surface area (Å²) in [6.07, 6.45) is 0.957. The zero-order chi connectivity index (χ0) is 17.6. The van der Waals surface area contributed by atoms with Gasteiger partial charge < -0.3 is 25.0 Å². The van der Waals surface area contributed by atoms with Gasteiger partial charge in [-0.15, -0.1) is 0 Å².